The van der Waals surface area contributed by atoms with E-state index in [0.717, 1.165) is 23.4 Å². The molecule has 6 heteroatoms. The van der Waals surface area contributed by atoms with Crippen LogP contribution in [0.15, 0.2) is 36.5 Å². The zero-order valence-corrected chi connectivity index (χ0v) is 12.2. The maximum atomic E-state index is 13.1. The molecule has 1 N–H and O–H groups in total. The first kappa shape index (κ1) is 15.4. The third kappa shape index (κ3) is 4.00. The highest BCUT2D eigenvalue weighted by atomic mass is 35.5. The van der Waals surface area contributed by atoms with Crippen LogP contribution >= 0.6 is 11.6 Å². The minimum Gasteiger partial charge on any atom is -0.380 e. The van der Waals surface area contributed by atoms with Gasteiger partial charge >= 0.3 is 0 Å². The Kier molecular flexibility index (Phi) is 5.25. The van der Waals surface area contributed by atoms with E-state index in [9.17, 15) is 9.18 Å². The lowest BCUT2D eigenvalue weighted by Gasteiger charge is -2.10. The zero-order chi connectivity index (χ0) is 15.2. The Morgan fingerprint density at radius 3 is 2.81 bits per heavy atom. The van der Waals surface area contributed by atoms with Gasteiger partial charge in [-0.1, -0.05) is 35.9 Å². The number of carbonyl (C=O) groups excluding carboxylic acids is 1. The summed E-state index contributed by atoms with van der Waals surface area (Å²) in [5.74, 6) is -1.08. The van der Waals surface area contributed by atoms with E-state index in [4.69, 9.17) is 16.3 Å². The smallest absolute Gasteiger partial charge is 0.254 e. The van der Waals surface area contributed by atoms with Gasteiger partial charge in [0.2, 0.25) is 0 Å². The average Bonchev–Trinajstić information content (AvgIpc) is 2.49. The van der Waals surface area contributed by atoms with E-state index < -0.39 is 11.7 Å². The van der Waals surface area contributed by atoms with Gasteiger partial charge in [-0.25, -0.2) is 9.37 Å². The van der Waals surface area contributed by atoms with Crippen molar-refractivity contribution >= 4 is 17.5 Å². The summed E-state index contributed by atoms with van der Waals surface area (Å²) in [7, 11) is 1.60. The lowest BCUT2D eigenvalue weighted by Crippen LogP contribution is -2.24. The summed E-state index contributed by atoms with van der Waals surface area (Å²) < 4.78 is 18.2. The van der Waals surface area contributed by atoms with E-state index in [0.29, 0.717) is 13.2 Å². The van der Waals surface area contributed by atoms with Crippen LogP contribution in [0.5, 0.6) is 0 Å². The highest BCUT2D eigenvalue weighted by Crippen LogP contribution is 2.14. The largest absolute Gasteiger partial charge is 0.380 e. The summed E-state index contributed by atoms with van der Waals surface area (Å²) in [5.41, 5.74) is 1.91. The molecule has 0 spiro atoms. The predicted octanol–water partition coefficient (Wildman–Crippen LogP) is 2.95. The molecule has 1 aromatic carbocycles. The molecular formula is C15H14ClFN2O2. The normalized spacial score (nSPS) is 10.4. The molecule has 2 rings (SSSR count). The van der Waals surface area contributed by atoms with Crippen LogP contribution in [0.1, 0.15) is 21.5 Å². The number of carbonyl (C=O) groups is 1. The van der Waals surface area contributed by atoms with E-state index in [1.807, 2.05) is 24.3 Å². The third-order valence-corrected chi connectivity index (χ3v) is 3.21. The summed E-state index contributed by atoms with van der Waals surface area (Å²) in [6.45, 7) is 0.750. The number of hydrogen-bond acceptors (Lipinski definition) is 3. The fourth-order valence-electron chi connectivity index (χ4n) is 1.88. The van der Waals surface area contributed by atoms with Crippen LogP contribution in [0.3, 0.4) is 0 Å². The maximum absolute atomic E-state index is 13.1. The molecule has 0 unspecified atom stereocenters. The molecule has 0 saturated carbocycles. The number of methoxy groups -OCH3 is 1. The lowest BCUT2D eigenvalue weighted by atomic mass is 10.1. The van der Waals surface area contributed by atoms with Crippen molar-refractivity contribution in [3.63, 3.8) is 0 Å². The molecule has 0 fully saturated rings. The van der Waals surface area contributed by atoms with Crippen molar-refractivity contribution in [2.75, 3.05) is 7.11 Å². The summed E-state index contributed by atoms with van der Waals surface area (Å²) in [5, 5.41) is 2.67. The van der Waals surface area contributed by atoms with Crippen molar-refractivity contribution in [3.05, 3.63) is 64.2 Å². The number of nitrogens with zero attached hydrogens (tertiary/aromatic N) is 1. The molecule has 4 nitrogen and oxygen atoms in total. The topological polar surface area (TPSA) is 51.2 Å². The number of halogens is 2. The summed E-state index contributed by atoms with van der Waals surface area (Å²) in [6, 6.07) is 8.64. The van der Waals surface area contributed by atoms with Gasteiger partial charge in [-0.05, 0) is 17.2 Å². The van der Waals surface area contributed by atoms with E-state index in [-0.39, 0.29) is 10.7 Å². The van der Waals surface area contributed by atoms with E-state index >= 15 is 0 Å². The van der Waals surface area contributed by atoms with Crippen molar-refractivity contribution in [1.82, 2.24) is 10.3 Å². The molecule has 0 aliphatic rings. The molecular weight excluding hydrogens is 295 g/mol. The lowest BCUT2D eigenvalue weighted by molar-refractivity contribution is 0.0949. The Balaban J connectivity index is 2.09. The molecule has 1 amide bonds. The van der Waals surface area contributed by atoms with E-state index in [1.165, 1.54) is 0 Å². The second kappa shape index (κ2) is 7.15. The predicted molar refractivity (Wildman–Crippen MR) is 77.5 cm³/mol. The first-order valence-electron chi connectivity index (χ1n) is 6.26. The Morgan fingerprint density at radius 1 is 1.38 bits per heavy atom. The van der Waals surface area contributed by atoms with Crippen molar-refractivity contribution < 1.29 is 13.9 Å². The second-order valence-electron chi connectivity index (χ2n) is 4.38. The number of hydrogen-bond donors (Lipinski definition) is 1. The van der Waals surface area contributed by atoms with Crippen LogP contribution in [0, 0.1) is 5.82 Å². The SMILES string of the molecule is COCc1ccccc1CNC(=O)c1cc(F)cnc1Cl. The maximum Gasteiger partial charge on any atom is 0.254 e. The minimum absolute atomic E-state index is 0.0147. The number of benzene rings is 1. The summed E-state index contributed by atoms with van der Waals surface area (Å²) in [6.07, 6.45) is 0.965. The number of ether oxygens (including phenoxy) is 1. The molecule has 0 atom stereocenters. The highest BCUT2D eigenvalue weighted by Gasteiger charge is 2.13. The van der Waals surface area contributed by atoms with Gasteiger partial charge in [0.1, 0.15) is 11.0 Å². The molecule has 110 valence electrons. The van der Waals surface area contributed by atoms with Gasteiger partial charge in [0.05, 0.1) is 18.4 Å². The van der Waals surface area contributed by atoms with Gasteiger partial charge < -0.3 is 10.1 Å². The summed E-state index contributed by atoms with van der Waals surface area (Å²) in [4.78, 5) is 15.6. The van der Waals surface area contributed by atoms with Crippen molar-refractivity contribution in [2.24, 2.45) is 0 Å². The fraction of sp³-hybridized carbons (Fsp3) is 0.200. The molecule has 0 radical (unpaired) electrons. The molecule has 0 saturated heterocycles. The number of rotatable bonds is 5. The standard InChI is InChI=1S/C15H14ClFN2O2/c1-21-9-11-5-3-2-4-10(11)7-19-15(20)13-6-12(17)8-18-14(13)16/h2-6,8H,7,9H2,1H3,(H,19,20). The number of amides is 1. The van der Waals surface area contributed by atoms with Crippen molar-refractivity contribution in [2.45, 2.75) is 13.2 Å². The van der Waals surface area contributed by atoms with E-state index in [1.54, 1.807) is 7.11 Å². The first-order valence-corrected chi connectivity index (χ1v) is 6.64. The van der Waals surface area contributed by atoms with Gasteiger partial charge in [0, 0.05) is 13.7 Å². The minimum atomic E-state index is -0.607. The van der Waals surface area contributed by atoms with Gasteiger partial charge in [-0.3, -0.25) is 4.79 Å². The van der Waals surface area contributed by atoms with Crippen LogP contribution < -0.4 is 5.32 Å². The van der Waals surface area contributed by atoms with Gasteiger partial charge in [-0.15, -0.1) is 0 Å². The van der Waals surface area contributed by atoms with Gasteiger partial charge in [-0.2, -0.15) is 0 Å². The van der Waals surface area contributed by atoms with Gasteiger partial charge in [0.25, 0.3) is 5.91 Å². The Hall–Kier alpha value is -1.98. The number of aromatic nitrogens is 1. The number of pyridine rings is 1. The Morgan fingerprint density at radius 2 is 2.10 bits per heavy atom. The zero-order valence-electron chi connectivity index (χ0n) is 11.4. The van der Waals surface area contributed by atoms with Crippen molar-refractivity contribution in [3.8, 4) is 0 Å². The Bertz CT molecular complexity index is 649. The molecule has 2 aromatic rings. The first-order chi connectivity index (χ1) is 10.1. The second-order valence-corrected chi connectivity index (χ2v) is 4.73. The average molecular weight is 309 g/mol. The molecule has 1 aromatic heterocycles. The molecule has 0 aliphatic heterocycles. The van der Waals surface area contributed by atoms with Gasteiger partial charge in [0.15, 0.2) is 0 Å². The van der Waals surface area contributed by atoms with Crippen LogP contribution in [0.25, 0.3) is 0 Å². The Labute approximate surface area is 126 Å². The van der Waals surface area contributed by atoms with Crippen LogP contribution in [0.2, 0.25) is 5.15 Å². The number of nitrogens with one attached hydrogen (secondary N) is 1. The molecule has 21 heavy (non-hydrogen) atoms. The molecule has 0 aliphatic carbocycles. The fourth-order valence-corrected chi connectivity index (χ4v) is 2.07. The van der Waals surface area contributed by atoms with Crippen LogP contribution in [-0.4, -0.2) is 18.0 Å². The highest BCUT2D eigenvalue weighted by molar-refractivity contribution is 6.32. The molecule has 0 bridgehead atoms. The van der Waals surface area contributed by atoms with Crippen LogP contribution in [0.4, 0.5) is 4.39 Å². The third-order valence-electron chi connectivity index (χ3n) is 2.91. The quantitative estimate of drug-likeness (QED) is 0.864. The summed E-state index contributed by atoms with van der Waals surface area (Å²) >= 11 is 5.80. The van der Waals surface area contributed by atoms with E-state index in [2.05, 4.69) is 10.3 Å². The van der Waals surface area contributed by atoms with Crippen molar-refractivity contribution in [1.29, 1.82) is 0 Å². The monoisotopic (exact) mass is 308 g/mol. The molecule has 1 heterocycles. The van der Waals surface area contributed by atoms with Crippen LogP contribution in [-0.2, 0) is 17.9 Å².